The van der Waals surface area contributed by atoms with Gasteiger partial charge in [0.25, 0.3) is 0 Å². The lowest BCUT2D eigenvalue weighted by Gasteiger charge is -2.27. The van der Waals surface area contributed by atoms with Gasteiger partial charge in [0.2, 0.25) is 4.90 Å². The van der Waals surface area contributed by atoms with Gasteiger partial charge in [0, 0.05) is 9.86 Å². The molecule has 7 heteroatoms. The van der Waals surface area contributed by atoms with Crippen molar-refractivity contribution in [2.24, 2.45) is 0 Å². The van der Waals surface area contributed by atoms with Crippen molar-refractivity contribution in [3.05, 3.63) is 28.9 Å². The molecule has 1 fully saturated rings. The van der Waals surface area contributed by atoms with Crippen LogP contribution in [0.5, 0.6) is 5.75 Å². The highest BCUT2D eigenvalue weighted by molar-refractivity contribution is 9.10. The molecule has 5 nitrogen and oxygen atoms in total. The van der Waals surface area contributed by atoms with Crippen LogP contribution in [0.15, 0.2) is 33.8 Å². The Morgan fingerprint density at radius 1 is 1.35 bits per heavy atom. The summed E-state index contributed by atoms with van der Waals surface area (Å²) in [5.74, 6) is 0.0288. The van der Waals surface area contributed by atoms with E-state index in [1.807, 2.05) is 6.07 Å². The average Bonchev–Trinajstić information content (AvgIpc) is 2.48. The summed E-state index contributed by atoms with van der Waals surface area (Å²) in [5, 5.41) is 11.0. The minimum atomic E-state index is -1.42. The molecular formula is C13H13BrN2O3S. The summed E-state index contributed by atoms with van der Waals surface area (Å²) in [6.45, 7) is 2.28. The first-order valence-corrected chi connectivity index (χ1v) is 8.08. The standard InChI is InChI=1S/C13H13BrN2O3S/c14-9-1-2-11-10(7-9)13(17)12(8-15-11)20(18)16-3-5-19-6-4-16/h1-2,7-8H,3-6H2,(H,15,17). The molecule has 1 saturated heterocycles. The Kier molecular flexibility index (Phi) is 4.13. The summed E-state index contributed by atoms with van der Waals surface area (Å²) in [7, 11) is 0. The number of rotatable bonds is 2. The van der Waals surface area contributed by atoms with Crippen molar-refractivity contribution >= 4 is 38.2 Å². The summed E-state index contributed by atoms with van der Waals surface area (Å²) < 4.78 is 20.4. The van der Waals surface area contributed by atoms with Crippen molar-refractivity contribution in [1.82, 2.24) is 9.29 Å². The number of aromatic nitrogens is 1. The van der Waals surface area contributed by atoms with E-state index in [1.165, 1.54) is 6.20 Å². The molecule has 106 valence electrons. The fraction of sp³-hybridized carbons (Fsp3) is 0.308. The average molecular weight is 357 g/mol. The third-order valence-electron chi connectivity index (χ3n) is 3.16. The van der Waals surface area contributed by atoms with Crippen LogP contribution in [-0.2, 0) is 16.1 Å². The number of hydrogen-bond acceptors (Lipinski definition) is 5. The smallest absolute Gasteiger partial charge is 0.234 e. The third-order valence-corrected chi connectivity index (χ3v) is 5.16. The highest BCUT2D eigenvalue weighted by Gasteiger charge is 2.28. The van der Waals surface area contributed by atoms with Crippen LogP contribution in [0.3, 0.4) is 0 Å². The third kappa shape index (κ3) is 2.64. The van der Waals surface area contributed by atoms with Crippen LogP contribution in [0.1, 0.15) is 0 Å². The number of morpholine rings is 1. The van der Waals surface area contributed by atoms with Crippen LogP contribution in [-0.4, -0.2) is 45.3 Å². The van der Waals surface area contributed by atoms with Crippen molar-refractivity contribution in [3.8, 4) is 5.75 Å². The molecule has 1 aromatic heterocycles. The molecule has 3 rings (SSSR count). The summed E-state index contributed by atoms with van der Waals surface area (Å²) in [6.07, 6.45) is 1.48. The first-order chi connectivity index (χ1) is 9.66. The lowest BCUT2D eigenvalue weighted by molar-refractivity contribution is 0.0729. The molecule has 1 aliphatic heterocycles. The number of fused-ring (bicyclic) bond motifs is 1. The van der Waals surface area contributed by atoms with Crippen molar-refractivity contribution in [2.45, 2.75) is 4.90 Å². The fourth-order valence-electron chi connectivity index (χ4n) is 2.11. The van der Waals surface area contributed by atoms with Crippen LogP contribution in [0.2, 0.25) is 0 Å². The maximum absolute atomic E-state index is 12.5. The molecule has 0 bridgehead atoms. The molecule has 0 saturated carbocycles. The Labute approximate surface area is 128 Å². The number of nitrogens with zero attached hydrogens (tertiary/aromatic N) is 2. The van der Waals surface area contributed by atoms with E-state index in [1.54, 1.807) is 16.4 Å². The second-order valence-electron chi connectivity index (χ2n) is 4.42. The number of ether oxygens (including phenoxy) is 1. The maximum Gasteiger partial charge on any atom is 0.234 e. The van der Waals surface area contributed by atoms with Crippen LogP contribution in [0, 0.1) is 0 Å². The molecule has 0 radical (unpaired) electrons. The Morgan fingerprint density at radius 3 is 2.85 bits per heavy atom. The molecule has 0 amide bonds. The van der Waals surface area contributed by atoms with Crippen LogP contribution in [0.25, 0.3) is 10.9 Å². The van der Waals surface area contributed by atoms with E-state index >= 15 is 0 Å². The Morgan fingerprint density at radius 2 is 2.10 bits per heavy atom. The molecule has 2 heterocycles. The lowest BCUT2D eigenvalue weighted by atomic mass is 10.2. The van der Waals surface area contributed by atoms with Crippen LogP contribution >= 0.6 is 15.9 Å². The van der Waals surface area contributed by atoms with Gasteiger partial charge >= 0.3 is 0 Å². The van der Waals surface area contributed by atoms with Gasteiger partial charge in [0.1, 0.15) is 0 Å². The van der Waals surface area contributed by atoms with Gasteiger partial charge in [-0.05, 0) is 18.2 Å². The molecule has 1 aromatic carbocycles. The molecule has 1 unspecified atom stereocenters. The van der Waals surface area contributed by atoms with E-state index in [4.69, 9.17) is 4.74 Å². The largest absolute Gasteiger partial charge is 0.593 e. The normalized spacial score (nSPS) is 18.3. The van der Waals surface area contributed by atoms with Gasteiger partial charge < -0.3 is 14.4 Å². The summed E-state index contributed by atoms with van der Waals surface area (Å²) in [4.78, 5) is 4.61. The van der Waals surface area contributed by atoms with E-state index in [2.05, 4.69) is 20.9 Å². The van der Waals surface area contributed by atoms with E-state index in [-0.39, 0.29) is 5.75 Å². The molecule has 1 N–H and O–H groups in total. The second-order valence-corrected chi connectivity index (χ2v) is 6.79. The monoisotopic (exact) mass is 356 g/mol. The van der Waals surface area contributed by atoms with E-state index < -0.39 is 11.4 Å². The number of hydrogen-bond donors (Lipinski definition) is 1. The van der Waals surface area contributed by atoms with Crippen molar-refractivity contribution in [3.63, 3.8) is 0 Å². The molecule has 0 spiro atoms. The van der Waals surface area contributed by atoms with E-state index in [0.717, 1.165) is 4.47 Å². The highest BCUT2D eigenvalue weighted by atomic mass is 79.9. The van der Waals surface area contributed by atoms with Crippen molar-refractivity contribution in [2.75, 3.05) is 26.3 Å². The molecule has 2 aromatic rings. The zero-order valence-electron chi connectivity index (χ0n) is 10.6. The van der Waals surface area contributed by atoms with Crippen molar-refractivity contribution < 1.29 is 14.4 Å². The Balaban J connectivity index is 2.00. The zero-order chi connectivity index (χ0) is 14.1. The van der Waals surface area contributed by atoms with Gasteiger partial charge in [0.05, 0.1) is 49.4 Å². The first kappa shape index (κ1) is 14.1. The summed E-state index contributed by atoms with van der Waals surface area (Å²) in [5.41, 5.74) is 0.674. The highest BCUT2D eigenvalue weighted by Crippen LogP contribution is 2.33. The molecule has 1 atom stereocenters. The molecule has 0 aliphatic carbocycles. The van der Waals surface area contributed by atoms with Crippen molar-refractivity contribution in [1.29, 1.82) is 0 Å². The maximum atomic E-state index is 12.5. The topological polar surface area (TPSA) is 68.7 Å². The van der Waals surface area contributed by atoms with Gasteiger partial charge in [-0.2, -0.15) is 0 Å². The second kappa shape index (κ2) is 5.87. The van der Waals surface area contributed by atoms with Gasteiger partial charge in [0.15, 0.2) is 5.75 Å². The van der Waals surface area contributed by atoms with Gasteiger partial charge in [-0.3, -0.25) is 4.98 Å². The Hall–Kier alpha value is -0.860. The number of aromatic hydroxyl groups is 1. The molecule has 1 aliphatic rings. The van der Waals surface area contributed by atoms with Gasteiger partial charge in [-0.1, -0.05) is 15.9 Å². The quantitative estimate of drug-likeness (QED) is 0.834. The molecule has 20 heavy (non-hydrogen) atoms. The number of benzene rings is 1. The lowest BCUT2D eigenvalue weighted by Crippen LogP contribution is -2.40. The van der Waals surface area contributed by atoms with Gasteiger partial charge in [-0.25, -0.2) is 0 Å². The summed E-state index contributed by atoms with van der Waals surface area (Å²) >= 11 is 1.94. The van der Waals surface area contributed by atoms with Crippen LogP contribution < -0.4 is 0 Å². The number of pyridine rings is 1. The van der Waals surface area contributed by atoms with E-state index in [0.29, 0.717) is 42.1 Å². The fourth-order valence-corrected chi connectivity index (χ4v) is 3.65. The Bertz CT molecular complexity index is 634. The SMILES string of the molecule is [O-][S+](c1cnc2ccc(Br)cc2c1O)N1CCOCC1. The predicted octanol–water partition coefficient (Wildman–Crippen LogP) is 2.06. The minimum absolute atomic E-state index is 0.0288. The number of halogens is 1. The minimum Gasteiger partial charge on any atom is -0.593 e. The van der Waals surface area contributed by atoms with Crippen LogP contribution in [0.4, 0.5) is 0 Å². The van der Waals surface area contributed by atoms with Gasteiger partial charge in [-0.15, -0.1) is 4.31 Å². The molecular weight excluding hydrogens is 344 g/mol. The zero-order valence-corrected chi connectivity index (χ0v) is 13.0. The summed E-state index contributed by atoms with van der Waals surface area (Å²) in [6, 6.07) is 5.44. The van der Waals surface area contributed by atoms with E-state index in [9.17, 15) is 9.66 Å². The first-order valence-electron chi connectivity index (χ1n) is 6.18. The predicted molar refractivity (Wildman–Crippen MR) is 79.9 cm³/mol.